The van der Waals surface area contributed by atoms with Crippen molar-refractivity contribution in [1.82, 2.24) is 14.9 Å². The van der Waals surface area contributed by atoms with Crippen molar-refractivity contribution in [3.63, 3.8) is 0 Å². The Labute approximate surface area is 211 Å². The Hall–Kier alpha value is -4.13. The number of hydrogen-bond acceptors (Lipinski definition) is 6. The minimum Gasteiger partial charge on any atom is -0.507 e. The molecule has 1 unspecified atom stereocenters. The van der Waals surface area contributed by atoms with Crippen molar-refractivity contribution in [2.75, 3.05) is 25.0 Å². The molecule has 1 aliphatic rings. The molecule has 4 aromatic rings. The maximum atomic E-state index is 12.8. The SMILES string of the molecule is Cc1ccc2c(N3CCCC(N(C)C(=O)OCc4ccccc4)C3)nc(-c3ccccc3O)nc2c1. The van der Waals surface area contributed by atoms with Gasteiger partial charge in [-0.15, -0.1) is 0 Å². The highest BCUT2D eigenvalue weighted by molar-refractivity contribution is 5.92. The molecule has 7 nitrogen and oxygen atoms in total. The van der Waals surface area contributed by atoms with Gasteiger partial charge >= 0.3 is 6.09 Å². The molecular formula is C29H30N4O3. The topological polar surface area (TPSA) is 78.8 Å². The average Bonchev–Trinajstić information content (AvgIpc) is 2.91. The first kappa shape index (κ1) is 23.6. The number of aryl methyl sites for hydroxylation is 1. The standard InChI is InChI=1S/C29H30N4O3/c1-20-14-15-23-25(17-20)30-27(24-12-6-7-13-26(24)34)31-28(23)33-16-8-11-22(18-33)32(2)29(35)36-19-21-9-4-3-5-10-21/h3-7,9-10,12-15,17,22,34H,8,11,16,18-19H2,1-2H3. The van der Waals surface area contributed by atoms with Crippen LogP contribution in [0.5, 0.6) is 5.75 Å². The van der Waals surface area contributed by atoms with Gasteiger partial charge in [0.15, 0.2) is 5.82 Å². The van der Waals surface area contributed by atoms with Gasteiger partial charge in [0.2, 0.25) is 0 Å². The number of ether oxygens (including phenoxy) is 1. The summed E-state index contributed by atoms with van der Waals surface area (Å²) in [5, 5.41) is 11.4. The predicted molar refractivity (Wildman–Crippen MR) is 141 cm³/mol. The lowest BCUT2D eigenvalue weighted by molar-refractivity contribution is 0.0879. The smallest absolute Gasteiger partial charge is 0.410 e. The lowest BCUT2D eigenvalue weighted by Crippen LogP contribution is -2.49. The van der Waals surface area contributed by atoms with Gasteiger partial charge in [-0.25, -0.2) is 14.8 Å². The second-order valence-electron chi connectivity index (χ2n) is 9.30. The van der Waals surface area contributed by atoms with Crippen LogP contribution in [0, 0.1) is 6.92 Å². The van der Waals surface area contributed by atoms with Crippen molar-refractivity contribution < 1.29 is 14.6 Å². The molecule has 0 radical (unpaired) electrons. The van der Waals surface area contributed by atoms with E-state index >= 15 is 0 Å². The maximum Gasteiger partial charge on any atom is 0.410 e. The minimum absolute atomic E-state index is 0.00827. The van der Waals surface area contributed by atoms with Crippen molar-refractivity contribution in [3.05, 3.63) is 83.9 Å². The fourth-order valence-electron chi connectivity index (χ4n) is 4.68. The number of likely N-dealkylation sites (N-methyl/N-ethyl adjacent to an activating group) is 1. The lowest BCUT2D eigenvalue weighted by atomic mass is 10.0. The summed E-state index contributed by atoms with van der Waals surface area (Å²) in [5.41, 5.74) is 3.49. The van der Waals surface area contributed by atoms with E-state index in [1.165, 1.54) is 0 Å². The Morgan fingerprint density at radius 1 is 1.08 bits per heavy atom. The number of amides is 1. The number of para-hydroxylation sites is 1. The lowest BCUT2D eigenvalue weighted by Gasteiger charge is -2.38. The number of aromatic hydroxyl groups is 1. The molecule has 184 valence electrons. The van der Waals surface area contributed by atoms with E-state index in [9.17, 15) is 9.90 Å². The molecule has 1 N–H and O–H groups in total. The summed E-state index contributed by atoms with van der Waals surface area (Å²) in [7, 11) is 1.80. The molecule has 0 aliphatic carbocycles. The molecule has 0 bridgehead atoms. The largest absolute Gasteiger partial charge is 0.507 e. The Balaban J connectivity index is 1.41. The molecule has 5 rings (SSSR count). The summed E-state index contributed by atoms with van der Waals surface area (Å²) < 4.78 is 5.57. The van der Waals surface area contributed by atoms with Gasteiger partial charge in [0.25, 0.3) is 0 Å². The molecule has 1 fully saturated rings. The van der Waals surface area contributed by atoms with Gasteiger partial charge in [0.1, 0.15) is 18.2 Å². The average molecular weight is 483 g/mol. The number of carbonyl (C=O) groups excluding carboxylic acids is 1. The zero-order valence-electron chi connectivity index (χ0n) is 20.6. The monoisotopic (exact) mass is 482 g/mol. The van der Waals surface area contributed by atoms with Crippen molar-refractivity contribution in [1.29, 1.82) is 0 Å². The van der Waals surface area contributed by atoms with Gasteiger partial charge in [-0.05, 0) is 55.2 Å². The number of anilines is 1. The number of carbonyl (C=O) groups is 1. The van der Waals surface area contributed by atoms with Crippen LogP contribution in [0.1, 0.15) is 24.0 Å². The second-order valence-corrected chi connectivity index (χ2v) is 9.30. The van der Waals surface area contributed by atoms with E-state index in [-0.39, 0.29) is 24.5 Å². The number of rotatable bonds is 5. The highest BCUT2D eigenvalue weighted by Gasteiger charge is 2.29. The van der Waals surface area contributed by atoms with Crippen molar-refractivity contribution in [3.8, 4) is 17.1 Å². The van der Waals surface area contributed by atoms with E-state index in [4.69, 9.17) is 14.7 Å². The second kappa shape index (κ2) is 10.2. The molecular weight excluding hydrogens is 452 g/mol. The molecule has 2 heterocycles. The molecule has 1 saturated heterocycles. The van der Waals surface area contributed by atoms with Crippen LogP contribution in [-0.4, -0.2) is 52.2 Å². The summed E-state index contributed by atoms with van der Waals surface area (Å²) in [6.45, 7) is 3.74. The van der Waals surface area contributed by atoms with Crippen LogP contribution < -0.4 is 4.90 Å². The first-order chi connectivity index (χ1) is 17.5. The number of fused-ring (bicyclic) bond motifs is 1. The van der Waals surface area contributed by atoms with Gasteiger partial charge in [0, 0.05) is 25.5 Å². The number of benzene rings is 3. The van der Waals surface area contributed by atoms with Crippen molar-refractivity contribution >= 4 is 22.8 Å². The van der Waals surface area contributed by atoms with E-state index in [1.807, 2.05) is 55.5 Å². The highest BCUT2D eigenvalue weighted by Crippen LogP contribution is 2.33. The van der Waals surface area contributed by atoms with Crippen LogP contribution in [0.25, 0.3) is 22.3 Å². The molecule has 0 spiro atoms. The Morgan fingerprint density at radius 2 is 1.86 bits per heavy atom. The van der Waals surface area contributed by atoms with Crippen LogP contribution in [0.15, 0.2) is 72.8 Å². The fraction of sp³-hybridized carbons (Fsp3) is 0.276. The molecule has 1 amide bonds. The van der Waals surface area contributed by atoms with Crippen LogP contribution in [0.3, 0.4) is 0 Å². The number of aromatic nitrogens is 2. The number of piperidine rings is 1. The van der Waals surface area contributed by atoms with Crippen LogP contribution in [0.2, 0.25) is 0 Å². The number of phenolic OH excluding ortho intramolecular Hbond substituents is 1. The summed E-state index contributed by atoms with van der Waals surface area (Å²) in [5.74, 6) is 1.45. The van der Waals surface area contributed by atoms with Crippen LogP contribution >= 0.6 is 0 Å². The van der Waals surface area contributed by atoms with Gasteiger partial charge < -0.3 is 19.6 Å². The van der Waals surface area contributed by atoms with E-state index in [0.717, 1.165) is 47.2 Å². The van der Waals surface area contributed by atoms with Gasteiger partial charge in [-0.2, -0.15) is 0 Å². The molecule has 1 aromatic heterocycles. The number of hydrogen-bond donors (Lipinski definition) is 1. The Morgan fingerprint density at radius 3 is 2.67 bits per heavy atom. The third-order valence-corrected chi connectivity index (χ3v) is 6.71. The molecule has 3 aromatic carbocycles. The van der Waals surface area contributed by atoms with E-state index < -0.39 is 0 Å². The molecule has 36 heavy (non-hydrogen) atoms. The molecule has 1 atom stereocenters. The van der Waals surface area contributed by atoms with E-state index in [2.05, 4.69) is 17.0 Å². The van der Waals surface area contributed by atoms with Gasteiger partial charge in [-0.1, -0.05) is 48.5 Å². The van der Waals surface area contributed by atoms with E-state index in [0.29, 0.717) is 17.9 Å². The van der Waals surface area contributed by atoms with Gasteiger partial charge in [0.05, 0.1) is 17.1 Å². The zero-order valence-corrected chi connectivity index (χ0v) is 20.6. The predicted octanol–water partition coefficient (Wildman–Crippen LogP) is 5.55. The third-order valence-electron chi connectivity index (χ3n) is 6.71. The van der Waals surface area contributed by atoms with Crippen LogP contribution in [-0.2, 0) is 11.3 Å². The van der Waals surface area contributed by atoms with E-state index in [1.54, 1.807) is 24.1 Å². The molecule has 0 saturated carbocycles. The Kier molecular flexibility index (Phi) is 6.71. The minimum atomic E-state index is -0.330. The van der Waals surface area contributed by atoms with Crippen molar-refractivity contribution in [2.45, 2.75) is 32.4 Å². The quantitative estimate of drug-likeness (QED) is 0.402. The Bertz CT molecular complexity index is 1380. The maximum absolute atomic E-state index is 12.8. The first-order valence-corrected chi connectivity index (χ1v) is 12.2. The normalized spacial score (nSPS) is 15.6. The summed E-state index contributed by atoms with van der Waals surface area (Å²) >= 11 is 0. The summed E-state index contributed by atoms with van der Waals surface area (Å²) in [4.78, 5) is 26.4. The molecule has 7 heteroatoms. The number of nitrogens with zero attached hydrogens (tertiary/aromatic N) is 4. The highest BCUT2D eigenvalue weighted by atomic mass is 16.6. The first-order valence-electron chi connectivity index (χ1n) is 12.2. The van der Waals surface area contributed by atoms with Gasteiger partial charge in [-0.3, -0.25) is 0 Å². The summed E-state index contributed by atoms with van der Waals surface area (Å²) in [6, 6.07) is 23.0. The number of phenols is 1. The fourth-order valence-corrected chi connectivity index (χ4v) is 4.68. The zero-order chi connectivity index (χ0) is 25.1. The third kappa shape index (κ3) is 4.96. The van der Waals surface area contributed by atoms with Crippen LogP contribution in [0.4, 0.5) is 10.6 Å². The molecule has 1 aliphatic heterocycles. The van der Waals surface area contributed by atoms with Crippen molar-refractivity contribution in [2.24, 2.45) is 0 Å². The summed E-state index contributed by atoms with van der Waals surface area (Å²) in [6.07, 6.45) is 1.48.